The highest BCUT2D eigenvalue weighted by molar-refractivity contribution is 5.88. The zero-order chi connectivity index (χ0) is 22.9. The molecule has 4 atom stereocenters. The smallest absolute Gasteiger partial charge is 0.220 e. The maximum absolute atomic E-state index is 13.3. The number of carbonyl (C=O) groups excluding carboxylic acids is 2. The molecule has 0 spiro atoms. The molecule has 3 rings (SSSR count). The van der Waals surface area contributed by atoms with Gasteiger partial charge in [0.1, 0.15) is 6.10 Å². The summed E-state index contributed by atoms with van der Waals surface area (Å²) in [6.07, 6.45) is 3.11. The number of ketones is 1. The number of Topliss-reactive ketones (excluding diaryl/α,β-unsaturated/α-hetero) is 1. The molecule has 0 radical (unpaired) electrons. The third kappa shape index (κ3) is 6.45. The zero-order valence-electron chi connectivity index (χ0n) is 18.7. The Hall–Kier alpha value is -2.61. The number of benzene rings is 1. The van der Waals surface area contributed by atoms with Crippen molar-refractivity contribution < 1.29 is 14.7 Å². The molecule has 0 aliphatic carbocycles. The highest BCUT2D eigenvalue weighted by Crippen LogP contribution is 2.26. The highest BCUT2D eigenvalue weighted by Gasteiger charge is 2.34. The van der Waals surface area contributed by atoms with Crippen LogP contribution < -0.4 is 16.4 Å². The van der Waals surface area contributed by atoms with Crippen LogP contribution >= 0.6 is 0 Å². The van der Waals surface area contributed by atoms with Gasteiger partial charge in [-0.25, -0.2) is 0 Å². The zero-order valence-corrected chi connectivity index (χ0v) is 18.7. The third-order valence-electron chi connectivity index (χ3n) is 6.13. The average molecular weight is 439 g/mol. The molecule has 7 heteroatoms. The fourth-order valence-corrected chi connectivity index (χ4v) is 4.06. The van der Waals surface area contributed by atoms with Gasteiger partial charge in [-0.3, -0.25) is 14.6 Å². The van der Waals surface area contributed by atoms with Gasteiger partial charge in [0.15, 0.2) is 5.78 Å². The molecule has 5 N–H and O–H groups in total. The molecule has 1 amide bonds. The molecule has 0 saturated carbocycles. The number of aromatic nitrogens is 1. The minimum absolute atomic E-state index is 0.0679. The van der Waals surface area contributed by atoms with Crippen LogP contribution in [-0.2, 0) is 9.59 Å². The summed E-state index contributed by atoms with van der Waals surface area (Å²) < 4.78 is 0. The van der Waals surface area contributed by atoms with Crippen molar-refractivity contribution in [3.05, 3.63) is 54.2 Å². The Bertz CT molecular complexity index is 890. The number of carbonyl (C=O) groups is 2. The first-order chi connectivity index (χ1) is 15.5. The molecule has 1 fully saturated rings. The molecule has 1 aromatic carbocycles. The summed E-state index contributed by atoms with van der Waals surface area (Å²) in [7, 11) is 0. The molecule has 32 heavy (non-hydrogen) atoms. The Kier molecular flexibility index (Phi) is 8.90. The minimum atomic E-state index is -1.26. The van der Waals surface area contributed by atoms with Crippen LogP contribution in [0.1, 0.15) is 44.3 Å². The van der Waals surface area contributed by atoms with E-state index in [4.69, 9.17) is 5.73 Å². The van der Waals surface area contributed by atoms with Crippen LogP contribution in [0.25, 0.3) is 11.3 Å². The Morgan fingerprint density at radius 1 is 1.28 bits per heavy atom. The first-order valence-corrected chi connectivity index (χ1v) is 11.4. The van der Waals surface area contributed by atoms with Crippen LogP contribution in [0, 0.1) is 11.8 Å². The monoisotopic (exact) mass is 438 g/mol. The molecule has 2 aromatic rings. The van der Waals surface area contributed by atoms with E-state index in [1.807, 2.05) is 37.3 Å². The van der Waals surface area contributed by atoms with Gasteiger partial charge < -0.3 is 21.5 Å². The molecular formula is C25H34N4O3. The van der Waals surface area contributed by atoms with Crippen molar-refractivity contribution in [1.82, 2.24) is 15.6 Å². The van der Waals surface area contributed by atoms with E-state index in [9.17, 15) is 14.7 Å². The fourth-order valence-electron chi connectivity index (χ4n) is 4.06. The number of nitrogens with zero attached hydrogens (tertiary/aromatic N) is 1. The van der Waals surface area contributed by atoms with Crippen LogP contribution in [0.4, 0.5) is 0 Å². The van der Waals surface area contributed by atoms with Gasteiger partial charge in [-0.1, -0.05) is 31.2 Å². The Morgan fingerprint density at radius 3 is 2.88 bits per heavy atom. The van der Waals surface area contributed by atoms with Crippen molar-refractivity contribution in [3.8, 4) is 11.3 Å². The molecule has 7 nitrogen and oxygen atoms in total. The van der Waals surface area contributed by atoms with Crippen molar-refractivity contribution in [3.63, 3.8) is 0 Å². The van der Waals surface area contributed by atoms with E-state index in [1.54, 1.807) is 18.3 Å². The molecule has 1 saturated heterocycles. The number of nitrogens with one attached hydrogen (secondary N) is 2. The third-order valence-corrected chi connectivity index (χ3v) is 6.13. The summed E-state index contributed by atoms with van der Waals surface area (Å²) in [6.45, 7) is 3.78. The van der Waals surface area contributed by atoms with Gasteiger partial charge in [0.05, 0.1) is 11.6 Å². The van der Waals surface area contributed by atoms with E-state index in [0.717, 1.165) is 30.6 Å². The molecule has 1 aromatic heterocycles. The number of amides is 1. The number of pyridine rings is 1. The second kappa shape index (κ2) is 11.9. The number of aliphatic hydroxyl groups excluding tert-OH is 1. The largest absolute Gasteiger partial charge is 0.381 e. The predicted octanol–water partition coefficient (Wildman–Crippen LogP) is 2.21. The average Bonchev–Trinajstić information content (AvgIpc) is 3.07. The number of aliphatic hydroxyl groups is 1. The van der Waals surface area contributed by atoms with Crippen LogP contribution in [0.5, 0.6) is 0 Å². The van der Waals surface area contributed by atoms with Crippen LogP contribution in [0.3, 0.4) is 0 Å². The van der Waals surface area contributed by atoms with Gasteiger partial charge in [-0.05, 0) is 62.0 Å². The quantitative estimate of drug-likeness (QED) is 0.477. The summed E-state index contributed by atoms with van der Waals surface area (Å²) in [6, 6.07) is 12.6. The lowest BCUT2D eigenvalue weighted by molar-refractivity contribution is -0.133. The highest BCUT2D eigenvalue weighted by atomic mass is 16.3. The number of nitrogens with two attached hydrogens (primary N) is 1. The van der Waals surface area contributed by atoms with E-state index < -0.39 is 12.0 Å². The molecular weight excluding hydrogens is 404 g/mol. The molecule has 1 aliphatic heterocycles. The molecule has 3 unspecified atom stereocenters. The number of hydrogen-bond donors (Lipinski definition) is 4. The Balaban J connectivity index is 1.72. The summed E-state index contributed by atoms with van der Waals surface area (Å²) in [5.74, 6) is -0.566. The van der Waals surface area contributed by atoms with Crippen LogP contribution in [0.2, 0.25) is 0 Å². The maximum Gasteiger partial charge on any atom is 0.220 e. The van der Waals surface area contributed by atoms with E-state index in [-0.39, 0.29) is 23.7 Å². The summed E-state index contributed by atoms with van der Waals surface area (Å²) in [5, 5.41) is 17.3. The van der Waals surface area contributed by atoms with E-state index in [0.29, 0.717) is 31.5 Å². The van der Waals surface area contributed by atoms with Crippen LogP contribution in [-0.4, -0.2) is 47.5 Å². The van der Waals surface area contributed by atoms with E-state index >= 15 is 0 Å². The van der Waals surface area contributed by atoms with Gasteiger partial charge in [-0.2, -0.15) is 0 Å². The van der Waals surface area contributed by atoms with Crippen molar-refractivity contribution >= 4 is 11.7 Å². The first-order valence-electron chi connectivity index (χ1n) is 11.4. The minimum Gasteiger partial charge on any atom is -0.381 e. The normalized spacial score (nSPS) is 20.7. The predicted molar refractivity (Wildman–Crippen MR) is 125 cm³/mol. The van der Waals surface area contributed by atoms with E-state index in [1.165, 1.54) is 0 Å². The second-order valence-corrected chi connectivity index (χ2v) is 8.65. The van der Waals surface area contributed by atoms with Crippen molar-refractivity contribution in [2.45, 2.75) is 44.8 Å². The topological polar surface area (TPSA) is 117 Å². The Labute approximate surface area is 189 Å². The lowest BCUT2D eigenvalue weighted by Gasteiger charge is -2.27. The molecule has 172 valence electrons. The number of hydrogen-bond acceptors (Lipinski definition) is 6. The molecule has 1 aliphatic rings. The second-order valence-electron chi connectivity index (χ2n) is 8.65. The Morgan fingerprint density at radius 2 is 2.12 bits per heavy atom. The standard InChI is InChI=1S/C25H34N4O3/c1-17(15-26)10-11-23(30)29-22-9-5-12-27-16-20(22)25(32)24(31)19-7-4-6-18(14-19)21-8-2-3-13-28-21/h2-4,6-8,13-14,17,20,22,24,27,31H,5,9-12,15-16,26H2,1H3,(H,29,30)/t17-,20?,22?,24?/m0/s1. The first kappa shape index (κ1) is 24.0. The summed E-state index contributed by atoms with van der Waals surface area (Å²) in [5.41, 5.74) is 7.80. The van der Waals surface area contributed by atoms with Gasteiger partial charge in [-0.15, -0.1) is 0 Å². The SMILES string of the molecule is C[C@H](CN)CCC(=O)NC1CCCNCC1C(=O)C(O)c1cccc(-c2ccccn2)c1. The lowest BCUT2D eigenvalue weighted by Crippen LogP contribution is -2.47. The van der Waals surface area contributed by atoms with Gasteiger partial charge in [0, 0.05) is 30.8 Å². The molecule has 2 heterocycles. The summed E-state index contributed by atoms with van der Waals surface area (Å²) >= 11 is 0. The van der Waals surface area contributed by atoms with Gasteiger partial charge in [0.2, 0.25) is 5.91 Å². The van der Waals surface area contributed by atoms with Crippen molar-refractivity contribution in [1.29, 1.82) is 0 Å². The molecule has 0 bridgehead atoms. The number of rotatable bonds is 9. The van der Waals surface area contributed by atoms with Crippen molar-refractivity contribution in [2.24, 2.45) is 17.6 Å². The van der Waals surface area contributed by atoms with E-state index in [2.05, 4.69) is 15.6 Å². The lowest BCUT2D eigenvalue weighted by atomic mass is 9.87. The van der Waals surface area contributed by atoms with Gasteiger partial charge >= 0.3 is 0 Å². The maximum atomic E-state index is 13.3. The van der Waals surface area contributed by atoms with Gasteiger partial charge in [0.25, 0.3) is 0 Å². The fraction of sp³-hybridized carbons (Fsp3) is 0.480. The van der Waals surface area contributed by atoms with Crippen LogP contribution in [0.15, 0.2) is 48.7 Å². The summed E-state index contributed by atoms with van der Waals surface area (Å²) in [4.78, 5) is 30.2. The van der Waals surface area contributed by atoms with Crippen molar-refractivity contribution in [2.75, 3.05) is 19.6 Å².